The van der Waals surface area contributed by atoms with Crippen molar-refractivity contribution in [2.75, 3.05) is 0 Å². The average Bonchev–Trinajstić information content (AvgIpc) is 2.67. The lowest BCUT2D eigenvalue weighted by Crippen LogP contribution is -2.19. The minimum absolute atomic E-state index is 0.293. The Bertz CT molecular complexity index is 862. The molecule has 6 heteroatoms. The van der Waals surface area contributed by atoms with Crippen molar-refractivity contribution in [1.82, 2.24) is 9.97 Å². The maximum atomic E-state index is 14.0. The molecule has 4 nitrogen and oxygen atoms in total. The van der Waals surface area contributed by atoms with Crippen LogP contribution in [0.2, 0.25) is 0 Å². The highest BCUT2D eigenvalue weighted by molar-refractivity contribution is 7.98. The van der Waals surface area contributed by atoms with Gasteiger partial charge in [-0.15, -0.1) is 0 Å². The van der Waals surface area contributed by atoms with Crippen molar-refractivity contribution in [2.24, 2.45) is 0 Å². The lowest BCUT2D eigenvalue weighted by atomic mass is 10.1. The van der Waals surface area contributed by atoms with Gasteiger partial charge in [-0.2, -0.15) is 0 Å². The van der Waals surface area contributed by atoms with E-state index in [2.05, 4.69) is 9.97 Å². The first-order valence-corrected chi connectivity index (χ1v) is 8.81. The van der Waals surface area contributed by atoms with Crippen molar-refractivity contribution < 1.29 is 13.9 Å². The summed E-state index contributed by atoms with van der Waals surface area (Å²) in [5.41, 5.74) is 2.45. The normalized spacial score (nSPS) is 16.1. The van der Waals surface area contributed by atoms with Crippen LogP contribution in [0.3, 0.4) is 0 Å². The van der Waals surface area contributed by atoms with Gasteiger partial charge in [-0.3, -0.25) is 4.98 Å². The molecule has 25 heavy (non-hydrogen) atoms. The average molecular weight is 354 g/mol. The third kappa shape index (κ3) is 3.65. The molecule has 1 aliphatic heterocycles. The maximum Gasteiger partial charge on any atom is 0.227 e. The van der Waals surface area contributed by atoms with Crippen molar-refractivity contribution in [3.63, 3.8) is 0 Å². The minimum atomic E-state index is -0.487. The van der Waals surface area contributed by atoms with E-state index in [0.29, 0.717) is 18.1 Å². The molecular weight excluding hydrogens is 339 g/mol. The summed E-state index contributed by atoms with van der Waals surface area (Å²) in [7, 11) is 0. The summed E-state index contributed by atoms with van der Waals surface area (Å²) in [4.78, 5) is 8.28. The highest BCUT2D eigenvalue weighted by atomic mass is 32.2. The molecule has 0 radical (unpaired) electrons. The summed E-state index contributed by atoms with van der Waals surface area (Å²) in [6.07, 6.45) is 4.46. The van der Waals surface area contributed by atoms with E-state index < -0.39 is 6.29 Å². The van der Waals surface area contributed by atoms with Gasteiger partial charge in [0.05, 0.1) is 12.8 Å². The first-order chi connectivity index (χ1) is 12.3. The number of rotatable bonds is 4. The molecule has 2 heterocycles. The standard InChI is InChI=1S/C19H15FN2O2S/c20-16-8-14-11-23-19(13-4-2-1-3-5-13)24-18(14)15(9-16)12-25-17-10-21-6-7-22-17/h1-10,19H,11-12H2. The number of ether oxygens (including phenoxy) is 2. The number of hydrogen-bond donors (Lipinski definition) is 0. The Labute approximate surface area is 149 Å². The Morgan fingerprint density at radius 2 is 2.04 bits per heavy atom. The lowest BCUT2D eigenvalue weighted by molar-refractivity contribution is -0.112. The van der Waals surface area contributed by atoms with Crippen molar-refractivity contribution in [1.29, 1.82) is 0 Å². The molecule has 0 saturated carbocycles. The van der Waals surface area contributed by atoms with Crippen LogP contribution in [0.1, 0.15) is 23.0 Å². The SMILES string of the molecule is Fc1cc2c(c(CSc3cnccn3)c1)OC(c1ccccc1)OC2. The Morgan fingerprint density at radius 1 is 1.16 bits per heavy atom. The van der Waals surface area contributed by atoms with E-state index in [4.69, 9.17) is 9.47 Å². The van der Waals surface area contributed by atoms with Crippen molar-refractivity contribution in [3.05, 3.63) is 83.6 Å². The molecule has 0 N–H and O–H groups in total. The second kappa shape index (κ2) is 7.21. The Balaban J connectivity index is 1.59. The molecule has 2 aromatic carbocycles. The quantitative estimate of drug-likeness (QED) is 0.645. The second-order valence-electron chi connectivity index (χ2n) is 5.56. The third-order valence-electron chi connectivity index (χ3n) is 3.81. The number of nitrogens with zero attached hydrogens (tertiary/aromatic N) is 2. The Hall–Kier alpha value is -2.44. The summed E-state index contributed by atoms with van der Waals surface area (Å²) in [5, 5.41) is 0.784. The van der Waals surface area contributed by atoms with E-state index >= 15 is 0 Å². The molecule has 126 valence electrons. The van der Waals surface area contributed by atoms with E-state index in [-0.39, 0.29) is 5.82 Å². The first-order valence-electron chi connectivity index (χ1n) is 7.83. The number of aromatic nitrogens is 2. The summed E-state index contributed by atoms with van der Waals surface area (Å²) in [6, 6.07) is 12.7. The van der Waals surface area contributed by atoms with Gasteiger partial charge >= 0.3 is 0 Å². The predicted molar refractivity (Wildman–Crippen MR) is 92.6 cm³/mol. The summed E-state index contributed by atoms with van der Waals surface area (Å²) >= 11 is 1.49. The molecule has 1 unspecified atom stereocenters. The van der Waals surface area contributed by atoms with Crippen LogP contribution in [-0.2, 0) is 17.1 Å². The summed E-state index contributed by atoms with van der Waals surface area (Å²) < 4.78 is 25.8. The minimum Gasteiger partial charge on any atom is -0.460 e. The number of benzene rings is 2. The maximum absolute atomic E-state index is 14.0. The summed E-state index contributed by atoms with van der Waals surface area (Å²) in [6.45, 7) is 0.315. The van der Waals surface area contributed by atoms with Gasteiger partial charge < -0.3 is 9.47 Å². The van der Waals surface area contributed by atoms with Crippen molar-refractivity contribution >= 4 is 11.8 Å². The number of halogens is 1. The van der Waals surface area contributed by atoms with E-state index in [0.717, 1.165) is 21.7 Å². The van der Waals surface area contributed by atoms with Crippen LogP contribution in [0, 0.1) is 5.82 Å². The predicted octanol–water partition coefficient (Wildman–Crippen LogP) is 4.52. The number of fused-ring (bicyclic) bond motifs is 1. The fraction of sp³-hybridized carbons (Fsp3) is 0.158. The largest absolute Gasteiger partial charge is 0.460 e. The van der Waals surface area contributed by atoms with Crippen LogP contribution in [-0.4, -0.2) is 9.97 Å². The van der Waals surface area contributed by atoms with Crippen LogP contribution in [0.5, 0.6) is 5.75 Å². The van der Waals surface area contributed by atoms with Gasteiger partial charge in [-0.25, -0.2) is 9.37 Å². The zero-order valence-electron chi connectivity index (χ0n) is 13.3. The highest BCUT2D eigenvalue weighted by Crippen LogP contribution is 2.38. The molecule has 0 fully saturated rings. The van der Waals surface area contributed by atoms with Gasteiger partial charge in [0.2, 0.25) is 6.29 Å². The van der Waals surface area contributed by atoms with Gasteiger partial charge in [0.1, 0.15) is 16.6 Å². The monoisotopic (exact) mass is 354 g/mol. The van der Waals surface area contributed by atoms with Crippen LogP contribution < -0.4 is 4.74 Å². The highest BCUT2D eigenvalue weighted by Gasteiger charge is 2.25. The van der Waals surface area contributed by atoms with E-state index in [1.165, 1.54) is 23.9 Å². The second-order valence-corrected chi connectivity index (χ2v) is 6.55. The fourth-order valence-electron chi connectivity index (χ4n) is 2.67. The lowest BCUT2D eigenvalue weighted by Gasteiger charge is -2.28. The summed E-state index contributed by atoms with van der Waals surface area (Å²) in [5.74, 6) is 0.942. The molecule has 0 saturated heterocycles. The van der Waals surface area contributed by atoms with E-state index in [9.17, 15) is 4.39 Å². The molecule has 0 aliphatic carbocycles. The molecule has 3 aromatic rings. The molecule has 1 aliphatic rings. The third-order valence-corrected chi connectivity index (χ3v) is 4.77. The van der Waals surface area contributed by atoms with Gasteiger partial charge in [0.15, 0.2) is 0 Å². The zero-order valence-corrected chi connectivity index (χ0v) is 14.1. The molecule has 0 spiro atoms. The van der Waals surface area contributed by atoms with Gasteiger partial charge in [0.25, 0.3) is 0 Å². The molecular formula is C19H15FN2O2S. The van der Waals surface area contributed by atoms with E-state index in [1.54, 1.807) is 18.6 Å². The zero-order chi connectivity index (χ0) is 17.1. The van der Waals surface area contributed by atoms with Crippen molar-refractivity contribution in [2.45, 2.75) is 23.7 Å². The van der Waals surface area contributed by atoms with Crippen LogP contribution in [0.25, 0.3) is 0 Å². The molecule has 1 aromatic heterocycles. The fourth-order valence-corrected chi connectivity index (χ4v) is 3.46. The van der Waals surface area contributed by atoms with Crippen LogP contribution in [0.4, 0.5) is 4.39 Å². The number of hydrogen-bond acceptors (Lipinski definition) is 5. The molecule has 0 bridgehead atoms. The molecule has 1 atom stereocenters. The Morgan fingerprint density at radius 3 is 2.84 bits per heavy atom. The Kier molecular flexibility index (Phi) is 4.63. The topological polar surface area (TPSA) is 44.2 Å². The van der Waals surface area contributed by atoms with Crippen LogP contribution >= 0.6 is 11.8 Å². The van der Waals surface area contributed by atoms with Crippen LogP contribution in [0.15, 0.2) is 66.1 Å². The smallest absolute Gasteiger partial charge is 0.227 e. The molecule has 0 amide bonds. The van der Waals surface area contributed by atoms with Gasteiger partial charge in [-0.05, 0) is 12.1 Å². The van der Waals surface area contributed by atoms with Gasteiger partial charge in [-0.1, -0.05) is 42.1 Å². The number of thioether (sulfide) groups is 1. The first kappa shape index (κ1) is 16.1. The van der Waals surface area contributed by atoms with Crippen molar-refractivity contribution in [3.8, 4) is 5.75 Å². The molecule has 4 rings (SSSR count). The van der Waals surface area contributed by atoms with E-state index in [1.807, 2.05) is 30.3 Å². The van der Waals surface area contributed by atoms with Gasteiger partial charge in [0, 0.05) is 34.8 Å².